The number of amides is 2. The highest BCUT2D eigenvalue weighted by Crippen LogP contribution is 2.03. The SMILES string of the molecule is CCN[C@H](C)CNC(=O)c1ccc(C(N)=O)cc1.Cl. The number of hydrogen-bond acceptors (Lipinski definition) is 3. The maximum absolute atomic E-state index is 11.8. The van der Waals surface area contributed by atoms with Crippen LogP contribution in [0.4, 0.5) is 0 Å². The standard InChI is InChI=1S/C13H19N3O2.ClH/c1-3-15-9(2)8-16-13(18)11-6-4-10(5-7-11)12(14)17;/h4-7,9,15H,3,8H2,1-2H3,(H2,14,17)(H,16,18);1H/t9-;/m1./s1. The van der Waals surface area contributed by atoms with Crippen molar-refractivity contribution >= 4 is 24.2 Å². The summed E-state index contributed by atoms with van der Waals surface area (Å²) in [5.41, 5.74) is 6.04. The second-order valence-electron chi connectivity index (χ2n) is 4.11. The van der Waals surface area contributed by atoms with E-state index < -0.39 is 5.91 Å². The van der Waals surface area contributed by atoms with E-state index in [4.69, 9.17) is 5.73 Å². The zero-order valence-electron chi connectivity index (χ0n) is 11.1. The molecule has 0 radical (unpaired) electrons. The third-order valence-electron chi connectivity index (χ3n) is 2.55. The molecule has 1 rings (SSSR count). The van der Waals surface area contributed by atoms with Gasteiger partial charge in [0.2, 0.25) is 5.91 Å². The number of halogens is 1. The molecule has 1 aromatic carbocycles. The molecule has 0 spiro atoms. The molecule has 0 aromatic heterocycles. The third-order valence-corrected chi connectivity index (χ3v) is 2.55. The van der Waals surface area contributed by atoms with Crippen LogP contribution in [-0.2, 0) is 0 Å². The number of likely N-dealkylation sites (N-methyl/N-ethyl adjacent to an activating group) is 1. The Bertz CT molecular complexity index is 420. The Morgan fingerprint density at radius 3 is 2.21 bits per heavy atom. The first kappa shape index (κ1) is 17.4. The molecule has 0 aliphatic heterocycles. The predicted molar refractivity (Wildman–Crippen MR) is 77.7 cm³/mol. The van der Waals surface area contributed by atoms with Gasteiger partial charge in [0.15, 0.2) is 0 Å². The first-order chi connectivity index (χ1) is 8.54. The van der Waals surface area contributed by atoms with E-state index in [1.165, 1.54) is 0 Å². The van der Waals surface area contributed by atoms with Crippen LogP contribution in [0.5, 0.6) is 0 Å². The summed E-state index contributed by atoms with van der Waals surface area (Å²) >= 11 is 0. The van der Waals surface area contributed by atoms with Gasteiger partial charge < -0.3 is 16.4 Å². The summed E-state index contributed by atoms with van der Waals surface area (Å²) in [5, 5.41) is 6.02. The van der Waals surface area contributed by atoms with E-state index in [-0.39, 0.29) is 24.4 Å². The fourth-order valence-electron chi connectivity index (χ4n) is 1.55. The molecule has 6 heteroatoms. The smallest absolute Gasteiger partial charge is 0.251 e. The van der Waals surface area contributed by atoms with Crippen molar-refractivity contribution in [3.63, 3.8) is 0 Å². The van der Waals surface area contributed by atoms with E-state index in [2.05, 4.69) is 10.6 Å². The number of carbonyl (C=O) groups excluding carboxylic acids is 2. The van der Waals surface area contributed by atoms with Gasteiger partial charge in [0.1, 0.15) is 0 Å². The minimum atomic E-state index is -0.497. The second kappa shape index (κ2) is 8.50. The monoisotopic (exact) mass is 285 g/mol. The van der Waals surface area contributed by atoms with Crippen LogP contribution >= 0.6 is 12.4 Å². The van der Waals surface area contributed by atoms with E-state index >= 15 is 0 Å². The van der Waals surface area contributed by atoms with Gasteiger partial charge in [-0.05, 0) is 37.7 Å². The summed E-state index contributed by atoms with van der Waals surface area (Å²) in [6.07, 6.45) is 0. The maximum Gasteiger partial charge on any atom is 0.251 e. The molecule has 1 aromatic rings. The summed E-state index contributed by atoms with van der Waals surface area (Å²) in [7, 11) is 0. The quantitative estimate of drug-likeness (QED) is 0.727. The van der Waals surface area contributed by atoms with Gasteiger partial charge in [-0.3, -0.25) is 9.59 Å². The molecule has 19 heavy (non-hydrogen) atoms. The molecule has 0 unspecified atom stereocenters. The Morgan fingerprint density at radius 2 is 1.74 bits per heavy atom. The van der Waals surface area contributed by atoms with Crippen LogP contribution in [0.3, 0.4) is 0 Å². The number of hydrogen-bond donors (Lipinski definition) is 3. The highest BCUT2D eigenvalue weighted by atomic mass is 35.5. The van der Waals surface area contributed by atoms with Crippen LogP contribution in [0.1, 0.15) is 34.6 Å². The Hall–Kier alpha value is -1.59. The first-order valence-electron chi connectivity index (χ1n) is 5.96. The van der Waals surface area contributed by atoms with Crippen molar-refractivity contribution < 1.29 is 9.59 Å². The number of rotatable bonds is 6. The third kappa shape index (κ3) is 5.72. The van der Waals surface area contributed by atoms with Crippen LogP contribution in [0.2, 0.25) is 0 Å². The number of nitrogens with two attached hydrogens (primary N) is 1. The van der Waals surface area contributed by atoms with E-state index in [9.17, 15) is 9.59 Å². The zero-order chi connectivity index (χ0) is 13.5. The second-order valence-corrected chi connectivity index (χ2v) is 4.11. The van der Waals surface area contributed by atoms with E-state index in [0.717, 1.165) is 6.54 Å². The van der Waals surface area contributed by atoms with Crippen LogP contribution in [0.25, 0.3) is 0 Å². The molecule has 1 atom stereocenters. The summed E-state index contributed by atoms with van der Waals surface area (Å²) in [6, 6.07) is 6.50. The Balaban J connectivity index is 0.00000324. The molecule has 0 aliphatic rings. The molecule has 106 valence electrons. The van der Waals surface area contributed by atoms with Gasteiger partial charge in [0.25, 0.3) is 5.91 Å². The van der Waals surface area contributed by atoms with E-state index in [1.54, 1.807) is 24.3 Å². The molecule has 0 saturated heterocycles. The van der Waals surface area contributed by atoms with Crippen LogP contribution in [0, 0.1) is 0 Å². The largest absolute Gasteiger partial charge is 0.366 e. The van der Waals surface area contributed by atoms with Crippen molar-refractivity contribution in [3.05, 3.63) is 35.4 Å². The molecule has 2 amide bonds. The summed E-state index contributed by atoms with van der Waals surface area (Å²) < 4.78 is 0. The summed E-state index contributed by atoms with van der Waals surface area (Å²) in [5.74, 6) is -0.654. The van der Waals surface area contributed by atoms with Gasteiger partial charge in [0.05, 0.1) is 0 Å². The number of primary amides is 1. The van der Waals surface area contributed by atoms with Gasteiger partial charge in [-0.1, -0.05) is 6.92 Å². The van der Waals surface area contributed by atoms with Crippen molar-refractivity contribution in [1.29, 1.82) is 0 Å². The Morgan fingerprint density at radius 1 is 1.21 bits per heavy atom. The molecule has 0 aliphatic carbocycles. The van der Waals surface area contributed by atoms with Gasteiger partial charge in [-0.15, -0.1) is 12.4 Å². The lowest BCUT2D eigenvalue weighted by atomic mass is 10.1. The highest BCUT2D eigenvalue weighted by Gasteiger charge is 2.08. The average Bonchev–Trinajstić information content (AvgIpc) is 2.36. The average molecular weight is 286 g/mol. The first-order valence-corrected chi connectivity index (χ1v) is 5.96. The zero-order valence-corrected chi connectivity index (χ0v) is 11.9. The number of nitrogens with one attached hydrogen (secondary N) is 2. The minimum absolute atomic E-state index is 0. The van der Waals surface area contributed by atoms with Crippen LogP contribution < -0.4 is 16.4 Å². The molecule has 0 fully saturated rings. The van der Waals surface area contributed by atoms with Crippen molar-refractivity contribution in [1.82, 2.24) is 10.6 Å². The van der Waals surface area contributed by atoms with Crippen molar-refractivity contribution in [2.45, 2.75) is 19.9 Å². The molecule has 0 saturated carbocycles. The van der Waals surface area contributed by atoms with Crippen molar-refractivity contribution in [3.8, 4) is 0 Å². The maximum atomic E-state index is 11.8. The van der Waals surface area contributed by atoms with Crippen molar-refractivity contribution in [2.24, 2.45) is 5.73 Å². The topological polar surface area (TPSA) is 84.2 Å². The summed E-state index contributed by atoms with van der Waals surface area (Å²) in [4.78, 5) is 22.7. The fourth-order valence-corrected chi connectivity index (χ4v) is 1.55. The normalized spacial score (nSPS) is 11.3. The van der Waals surface area contributed by atoms with Crippen LogP contribution in [-0.4, -0.2) is 30.9 Å². The fraction of sp³-hybridized carbons (Fsp3) is 0.385. The van der Waals surface area contributed by atoms with E-state index in [0.29, 0.717) is 17.7 Å². The van der Waals surface area contributed by atoms with Gasteiger partial charge in [0, 0.05) is 23.7 Å². The Kier molecular flexibility index (Phi) is 7.79. The van der Waals surface area contributed by atoms with Gasteiger partial charge in [-0.25, -0.2) is 0 Å². The van der Waals surface area contributed by atoms with Gasteiger partial charge in [-0.2, -0.15) is 0 Å². The van der Waals surface area contributed by atoms with Crippen LogP contribution in [0.15, 0.2) is 24.3 Å². The highest BCUT2D eigenvalue weighted by molar-refractivity contribution is 5.97. The molecule has 5 nitrogen and oxygen atoms in total. The minimum Gasteiger partial charge on any atom is -0.366 e. The number of benzene rings is 1. The van der Waals surface area contributed by atoms with Gasteiger partial charge >= 0.3 is 0 Å². The Labute approximate surface area is 119 Å². The lowest BCUT2D eigenvalue weighted by Gasteiger charge is -2.13. The van der Waals surface area contributed by atoms with E-state index in [1.807, 2.05) is 13.8 Å². The predicted octanol–water partition coefficient (Wildman–Crippen LogP) is 0.935. The number of carbonyl (C=O) groups is 2. The molecule has 0 heterocycles. The molecular weight excluding hydrogens is 266 g/mol. The molecule has 4 N–H and O–H groups in total. The summed E-state index contributed by atoms with van der Waals surface area (Å²) in [6.45, 7) is 5.44. The lowest BCUT2D eigenvalue weighted by molar-refractivity contribution is 0.0947. The molecule has 0 bridgehead atoms. The lowest BCUT2D eigenvalue weighted by Crippen LogP contribution is -2.38. The van der Waals surface area contributed by atoms with Crippen molar-refractivity contribution in [2.75, 3.05) is 13.1 Å². The molecular formula is C13H20ClN3O2.